The van der Waals surface area contributed by atoms with E-state index in [2.05, 4.69) is 17.2 Å². The summed E-state index contributed by atoms with van der Waals surface area (Å²) in [6.45, 7) is 4.29. The van der Waals surface area contributed by atoms with Gasteiger partial charge >= 0.3 is 0 Å². The fourth-order valence-electron chi connectivity index (χ4n) is 0.455. The van der Waals surface area contributed by atoms with Gasteiger partial charge in [0.1, 0.15) is 0 Å². The SMILES string of the molecule is CCC#CCNC(=O)CC. The molecule has 1 amide bonds. The molecule has 56 valence electrons. The second-order valence-corrected chi connectivity index (χ2v) is 1.84. The molecular formula is C8H13NO. The highest BCUT2D eigenvalue weighted by atomic mass is 16.1. The van der Waals surface area contributed by atoms with Gasteiger partial charge in [-0.25, -0.2) is 0 Å². The Balaban J connectivity index is 3.27. The normalized spacial score (nSPS) is 7.80. The maximum absolute atomic E-state index is 10.6. The Kier molecular flexibility index (Phi) is 5.56. The van der Waals surface area contributed by atoms with Crippen LogP contribution < -0.4 is 5.32 Å². The molecule has 0 heterocycles. The van der Waals surface area contributed by atoms with Gasteiger partial charge in [0.05, 0.1) is 6.54 Å². The minimum atomic E-state index is 0.0606. The first-order chi connectivity index (χ1) is 4.81. The van der Waals surface area contributed by atoms with E-state index >= 15 is 0 Å². The summed E-state index contributed by atoms with van der Waals surface area (Å²) in [6, 6.07) is 0. The molecule has 0 saturated heterocycles. The van der Waals surface area contributed by atoms with E-state index in [0.717, 1.165) is 6.42 Å². The number of carbonyl (C=O) groups is 1. The van der Waals surface area contributed by atoms with Crippen molar-refractivity contribution in [3.8, 4) is 11.8 Å². The van der Waals surface area contributed by atoms with Crippen molar-refractivity contribution in [2.24, 2.45) is 0 Å². The summed E-state index contributed by atoms with van der Waals surface area (Å²) in [7, 11) is 0. The molecule has 0 radical (unpaired) electrons. The zero-order valence-electron chi connectivity index (χ0n) is 6.53. The summed E-state index contributed by atoms with van der Waals surface area (Å²) in [4.78, 5) is 10.6. The maximum atomic E-state index is 10.6. The van der Waals surface area contributed by atoms with Crippen molar-refractivity contribution < 1.29 is 4.79 Å². The van der Waals surface area contributed by atoms with Crippen LogP contribution in [0, 0.1) is 11.8 Å². The smallest absolute Gasteiger partial charge is 0.220 e. The van der Waals surface area contributed by atoms with Crippen molar-refractivity contribution in [1.29, 1.82) is 0 Å². The molecule has 2 nitrogen and oxygen atoms in total. The monoisotopic (exact) mass is 139 g/mol. The Morgan fingerprint density at radius 2 is 2.10 bits per heavy atom. The van der Waals surface area contributed by atoms with E-state index in [9.17, 15) is 4.79 Å². The summed E-state index contributed by atoms with van der Waals surface area (Å²) in [6.07, 6.45) is 1.38. The topological polar surface area (TPSA) is 29.1 Å². The summed E-state index contributed by atoms with van der Waals surface area (Å²) < 4.78 is 0. The predicted octanol–water partition coefficient (Wildman–Crippen LogP) is 0.926. The first-order valence-electron chi connectivity index (χ1n) is 3.53. The van der Waals surface area contributed by atoms with Crippen LogP contribution in [0.4, 0.5) is 0 Å². The highest BCUT2D eigenvalue weighted by Gasteiger charge is 1.90. The van der Waals surface area contributed by atoms with E-state index < -0.39 is 0 Å². The van der Waals surface area contributed by atoms with Gasteiger partial charge in [0, 0.05) is 12.8 Å². The average Bonchev–Trinajstić information content (AvgIpc) is 1.98. The number of nitrogens with one attached hydrogen (secondary N) is 1. The molecule has 0 aliphatic carbocycles. The van der Waals surface area contributed by atoms with Gasteiger partial charge in [-0.1, -0.05) is 19.8 Å². The van der Waals surface area contributed by atoms with E-state index in [1.807, 2.05) is 13.8 Å². The molecule has 0 aromatic carbocycles. The molecule has 0 unspecified atom stereocenters. The molecule has 0 bridgehead atoms. The number of rotatable bonds is 2. The molecule has 0 spiro atoms. The molecule has 0 aromatic rings. The van der Waals surface area contributed by atoms with Gasteiger partial charge in [-0.3, -0.25) is 4.79 Å². The van der Waals surface area contributed by atoms with Crippen molar-refractivity contribution in [2.75, 3.05) is 6.54 Å². The number of hydrogen-bond donors (Lipinski definition) is 1. The van der Waals surface area contributed by atoms with Gasteiger partial charge in [0.25, 0.3) is 0 Å². The van der Waals surface area contributed by atoms with Gasteiger partial charge in [-0.05, 0) is 0 Å². The molecule has 0 aliphatic heterocycles. The first kappa shape index (κ1) is 9.03. The fraction of sp³-hybridized carbons (Fsp3) is 0.625. The van der Waals surface area contributed by atoms with Crippen molar-refractivity contribution >= 4 is 5.91 Å². The Morgan fingerprint density at radius 1 is 1.40 bits per heavy atom. The highest BCUT2D eigenvalue weighted by Crippen LogP contribution is 1.72. The number of amides is 1. The highest BCUT2D eigenvalue weighted by molar-refractivity contribution is 5.75. The molecule has 0 aromatic heterocycles. The van der Waals surface area contributed by atoms with Crippen molar-refractivity contribution in [3.63, 3.8) is 0 Å². The molecule has 10 heavy (non-hydrogen) atoms. The second-order valence-electron chi connectivity index (χ2n) is 1.84. The standard InChI is InChI=1S/C8H13NO/c1-3-5-6-7-9-8(10)4-2/h3-4,7H2,1-2H3,(H,9,10). The minimum Gasteiger partial charge on any atom is -0.345 e. The molecule has 0 aliphatic rings. The van der Waals surface area contributed by atoms with Crippen molar-refractivity contribution in [3.05, 3.63) is 0 Å². The lowest BCUT2D eigenvalue weighted by Gasteiger charge is -1.94. The van der Waals surface area contributed by atoms with Crippen LogP contribution in [0.3, 0.4) is 0 Å². The average molecular weight is 139 g/mol. The van der Waals surface area contributed by atoms with Crippen LogP contribution in [0.5, 0.6) is 0 Å². The molecule has 2 heteroatoms. The fourth-order valence-corrected chi connectivity index (χ4v) is 0.455. The molecule has 0 rings (SSSR count). The van der Waals surface area contributed by atoms with Gasteiger partial charge in [-0.15, -0.1) is 5.92 Å². The number of hydrogen-bond acceptors (Lipinski definition) is 1. The third-order valence-corrected chi connectivity index (χ3v) is 0.997. The van der Waals surface area contributed by atoms with E-state index in [1.165, 1.54) is 0 Å². The van der Waals surface area contributed by atoms with Crippen LogP contribution in [0.1, 0.15) is 26.7 Å². The largest absolute Gasteiger partial charge is 0.345 e. The lowest BCUT2D eigenvalue weighted by molar-refractivity contribution is -0.120. The quantitative estimate of drug-likeness (QED) is 0.566. The Hall–Kier alpha value is -0.970. The van der Waals surface area contributed by atoms with Gasteiger partial charge in [-0.2, -0.15) is 0 Å². The molecule has 0 saturated carbocycles. The minimum absolute atomic E-state index is 0.0606. The Morgan fingerprint density at radius 3 is 2.60 bits per heavy atom. The van der Waals surface area contributed by atoms with Gasteiger partial charge in [0.15, 0.2) is 0 Å². The zero-order chi connectivity index (χ0) is 7.82. The summed E-state index contributed by atoms with van der Waals surface area (Å²) in [5.41, 5.74) is 0. The van der Waals surface area contributed by atoms with Crippen LogP contribution in [-0.4, -0.2) is 12.5 Å². The predicted molar refractivity (Wildman–Crippen MR) is 41.4 cm³/mol. The van der Waals surface area contributed by atoms with Crippen LogP contribution >= 0.6 is 0 Å². The van der Waals surface area contributed by atoms with Gasteiger partial charge < -0.3 is 5.32 Å². The first-order valence-corrected chi connectivity index (χ1v) is 3.53. The molecular weight excluding hydrogens is 126 g/mol. The van der Waals surface area contributed by atoms with Crippen molar-refractivity contribution in [2.45, 2.75) is 26.7 Å². The third kappa shape index (κ3) is 5.17. The van der Waals surface area contributed by atoms with Crippen LogP contribution in [0.25, 0.3) is 0 Å². The van der Waals surface area contributed by atoms with E-state index in [1.54, 1.807) is 0 Å². The maximum Gasteiger partial charge on any atom is 0.220 e. The third-order valence-electron chi connectivity index (χ3n) is 0.997. The zero-order valence-corrected chi connectivity index (χ0v) is 6.53. The lowest BCUT2D eigenvalue weighted by Crippen LogP contribution is -2.22. The Bertz CT molecular complexity index is 152. The van der Waals surface area contributed by atoms with E-state index in [4.69, 9.17) is 0 Å². The summed E-state index contributed by atoms with van der Waals surface area (Å²) in [5.74, 6) is 5.74. The van der Waals surface area contributed by atoms with Crippen LogP contribution in [-0.2, 0) is 4.79 Å². The Labute approximate surface area is 62.0 Å². The summed E-state index contributed by atoms with van der Waals surface area (Å²) >= 11 is 0. The van der Waals surface area contributed by atoms with Crippen molar-refractivity contribution in [1.82, 2.24) is 5.32 Å². The number of carbonyl (C=O) groups excluding carboxylic acids is 1. The summed E-state index contributed by atoms with van der Waals surface area (Å²) in [5, 5.41) is 2.65. The van der Waals surface area contributed by atoms with Gasteiger partial charge in [0.2, 0.25) is 5.91 Å². The van der Waals surface area contributed by atoms with Crippen LogP contribution in [0.2, 0.25) is 0 Å². The lowest BCUT2D eigenvalue weighted by atomic mass is 10.4. The molecule has 0 atom stereocenters. The van der Waals surface area contributed by atoms with E-state index in [0.29, 0.717) is 13.0 Å². The van der Waals surface area contributed by atoms with Crippen LogP contribution in [0.15, 0.2) is 0 Å². The molecule has 1 N–H and O–H groups in total. The van der Waals surface area contributed by atoms with E-state index in [-0.39, 0.29) is 5.91 Å². The molecule has 0 fully saturated rings. The second kappa shape index (κ2) is 6.15.